The van der Waals surface area contributed by atoms with Crippen LogP contribution in [0.5, 0.6) is 11.5 Å². The topological polar surface area (TPSA) is 18.5 Å². The Morgan fingerprint density at radius 1 is 1.31 bits per heavy atom. The molecule has 0 aromatic heterocycles. The number of fused-ring (bicyclic) bond motifs is 1. The van der Waals surface area contributed by atoms with Gasteiger partial charge >= 0.3 is 0 Å². The smallest absolute Gasteiger partial charge is 0.126 e. The van der Waals surface area contributed by atoms with E-state index in [0.717, 1.165) is 17.9 Å². The Kier molecular flexibility index (Phi) is 3.18. The van der Waals surface area contributed by atoms with Crippen LogP contribution in [0.2, 0.25) is 0 Å². The number of hydrogen-bond acceptors (Lipinski definition) is 2. The summed E-state index contributed by atoms with van der Waals surface area (Å²) in [4.78, 5) is 0. The van der Waals surface area contributed by atoms with E-state index in [9.17, 15) is 0 Å². The Hall–Kier alpha value is -1.44. The zero-order valence-electron chi connectivity index (χ0n) is 9.95. The molecule has 16 heavy (non-hydrogen) atoms. The van der Waals surface area contributed by atoms with Gasteiger partial charge in [-0.25, -0.2) is 0 Å². The molecule has 0 aliphatic heterocycles. The van der Waals surface area contributed by atoms with Crippen LogP contribution < -0.4 is 9.47 Å². The van der Waals surface area contributed by atoms with Crippen LogP contribution >= 0.6 is 0 Å². The van der Waals surface area contributed by atoms with E-state index in [1.165, 1.54) is 24.0 Å². The summed E-state index contributed by atoms with van der Waals surface area (Å²) in [6.07, 6.45) is 5.50. The molecule has 86 valence electrons. The number of allylic oxidation sites excluding steroid dienone is 1. The van der Waals surface area contributed by atoms with Crippen molar-refractivity contribution >= 4 is 0 Å². The number of rotatable bonds is 3. The summed E-state index contributed by atoms with van der Waals surface area (Å²) in [7, 11) is 3.40. The lowest BCUT2D eigenvalue weighted by molar-refractivity contribution is 0.385. The van der Waals surface area contributed by atoms with Crippen molar-refractivity contribution in [3.8, 4) is 11.5 Å². The summed E-state index contributed by atoms with van der Waals surface area (Å²) in [5, 5.41) is 0. The summed E-state index contributed by atoms with van der Waals surface area (Å²) in [6, 6.07) is 4.08. The van der Waals surface area contributed by atoms with Gasteiger partial charge in [0.25, 0.3) is 0 Å². The lowest BCUT2D eigenvalue weighted by Gasteiger charge is -2.25. The highest BCUT2D eigenvalue weighted by atomic mass is 16.5. The van der Waals surface area contributed by atoms with Gasteiger partial charge in [0.2, 0.25) is 0 Å². The van der Waals surface area contributed by atoms with Crippen LogP contribution in [0.1, 0.15) is 29.9 Å². The highest BCUT2D eigenvalue weighted by Crippen LogP contribution is 2.40. The van der Waals surface area contributed by atoms with Crippen LogP contribution in [0.3, 0.4) is 0 Å². The minimum Gasteiger partial charge on any atom is -0.497 e. The number of methoxy groups -OCH3 is 2. The van der Waals surface area contributed by atoms with Gasteiger partial charge in [0.1, 0.15) is 11.5 Å². The maximum atomic E-state index is 5.46. The molecule has 1 aromatic rings. The zero-order valence-corrected chi connectivity index (χ0v) is 9.95. The highest BCUT2D eigenvalue weighted by Gasteiger charge is 2.22. The van der Waals surface area contributed by atoms with Crippen molar-refractivity contribution < 1.29 is 9.47 Å². The van der Waals surface area contributed by atoms with Gasteiger partial charge in [-0.05, 0) is 30.9 Å². The van der Waals surface area contributed by atoms with Crippen LogP contribution in [0.15, 0.2) is 24.8 Å². The van der Waals surface area contributed by atoms with E-state index >= 15 is 0 Å². The number of aryl methyl sites for hydroxylation is 1. The van der Waals surface area contributed by atoms with Gasteiger partial charge in [0, 0.05) is 17.5 Å². The SMILES string of the molecule is C=C[C@H]1CCCc2cc(OC)cc(OC)c21. The molecular formula is C14H18O2. The molecule has 0 fully saturated rings. The molecule has 0 N–H and O–H groups in total. The van der Waals surface area contributed by atoms with Crippen LogP contribution in [0.4, 0.5) is 0 Å². The second kappa shape index (κ2) is 4.60. The average molecular weight is 218 g/mol. The molecule has 0 unspecified atom stereocenters. The van der Waals surface area contributed by atoms with E-state index in [-0.39, 0.29) is 0 Å². The number of hydrogen-bond donors (Lipinski definition) is 0. The van der Waals surface area contributed by atoms with Crippen LogP contribution in [0.25, 0.3) is 0 Å². The Morgan fingerprint density at radius 2 is 2.12 bits per heavy atom. The largest absolute Gasteiger partial charge is 0.497 e. The second-order valence-electron chi connectivity index (χ2n) is 4.14. The molecular weight excluding hydrogens is 200 g/mol. The van der Waals surface area contributed by atoms with E-state index in [1.54, 1.807) is 14.2 Å². The van der Waals surface area contributed by atoms with Crippen molar-refractivity contribution in [1.82, 2.24) is 0 Å². The first-order valence-electron chi connectivity index (χ1n) is 5.67. The summed E-state index contributed by atoms with van der Waals surface area (Å²) in [5.74, 6) is 2.23. The van der Waals surface area contributed by atoms with Crippen LogP contribution in [0, 0.1) is 0 Å². The fourth-order valence-corrected chi connectivity index (χ4v) is 2.46. The van der Waals surface area contributed by atoms with Gasteiger partial charge in [-0.15, -0.1) is 6.58 Å². The highest BCUT2D eigenvalue weighted by molar-refractivity contribution is 5.50. The van der Waals surface area contributed by atoms with Crippen molar-refractivity contribution in [3.05, 3.63) is 35.9 Å². The summed E-state index contributed by atoms with van der Waals surface area (Å²) in [5.41, 5.74) is 2.64. The van der Waals surface area contributed by atoms with E-state index in [4.69, 9.17) is 9.47 Å². The molecule has 2 heteroatoms. The molecule has 0 saturated heterocycles. The molecule has 1 atom stereocenters. The normalized spacial score (nSPS) is 18.8. The van der Waals surface area contributed by atoms with Gasteiger partial charge in [-0.3, -0.25) is 0 Å². The maximum absolute atomic E-state index is 5.46. The first-order valence-corrected chi connectivity index (χ1v) is 5.67. The Labute approximate surface area is 96.9 Å². The van der Waals surface area contributed by atoms with Crippen LogP contribution in [-0.2, 0) is 6.42 Å². The number of ether oxygens (including phenoxy) is 2. The predicted octanol–water partition coefficient (Wildman–Crippen LogP) is 3.31. The molecule has 0 heterocycles. The standard InChI is InChI=1S/C14H18O2/c1-4-10-6-5-7-11-8-12(15-2)9-13(16-3)14(10)11/h4,8-10H,1,5-7H2,2-3H3/t10-/m0/s1. The summed E-state index contributed by atoms with van der Waals surface area (Å²) >= 11 is 0. The molecule has 0 bridgehead atoms. The van der Waals surface area contributed by atoms with E-state index in [2.05, 4.69) is 12.6 Å². The fourth-order valence-electron chi connectivity index (χ4n) is 2.46. The van der Waals surface area contributed by atoms with E-state index < -0.39 is 0 Å². The molecule has 0 spiro atoms. The molecule has 0 amide bonds. The Morgan fingerprint density at radius 3 is 2.75 bits per heavy atom. The zero-order chi connectivity index (χ0) is 11.5. The monoisotopic (exact) mass is 218 g/mol. The van der Waals surface area contributed by atoms with Gasteiger partial charge in [-0.2, -0.15) is 0 Å². The molecule has 0 radical (unpaired) electrons. The van der Waals surface area contributed by atoms with E-state index in [1.807, 2.05) is 12.1 Å². The van der Waals surface area contributed by atoms with Gasteiger partial charge < -0.3 is 9.47 Å². The Bertz CT molecular complexity index is 379. The van der Waals surface area contributed by atoms with Gasteiger partial charge in [0.15, 0.2) is 0 Å². The van der Waals surface area contributed by atoms with Gasteiger partial charge in [-0.1, -0.05) is 6.08 Å². The van der Waals surface area contributed by atoms with Crippen molar-refractivity contribution in [1.29, 1.82) is 0 Å². The Balaban J connectivity index is 2.54. The van der Waals surface area contributed by atoms with Crippen molar-refractivity contribution in [2.45, 2.75) is 25.2 Å². The lowest BCUT2D eigenvalue weighted by Crippen LogP contribution is -2.10. The summed E-state index contributed by atoms with van der Waals surface area (Å²) < 4.78 is 10.7. The van der Waals surface area contributed by atoms with Crippen molar-refractivity contribution in [2.24, 2.45) is 0 Å². The third kappa shape index (κ3) is 1.80. The van der Waals surface area contributed by atoms with Crippen LogP contribution in [-0.4, -0.2) is 14.2 Å². The first-order chi connectivity index (χ1) is 7.80. The molecule has 2 rings (SSSR count). The number of benzene rings is 1. The third-order valence-electron chi connectivity index (χ3n) is 3.27. The first kappa shape index (κ1) is 11.1. The predicted molar refractivity (Wildman–Crippen MR) is 65.4 cm³/mol. The second-order valence-corrected chi connectivity index (χ2v) is 4.14. The lowest BCUT2D eigenvalue weighted by atomic mass is 9.82. The molecule has 2 nitrogen and oxygen atoms in total. The quantitative estimate of drug-likeness (QED) is 0.725. The molecule has 0 saturated carbocycles. The molecule has 1 aliphatic carbocycles. The average Bonchev–Trinajstić information content (AvgIpc) is 2.36. The third-order valence-corrected chi connectivity index (χ3v) is 3.27. The molecule has 1 aliphatic rings. The van der Waals surface area contributed by atoms with Crippen molar-refractivity contribution in [2.75, 3.05) is 14.2 Å². The molecule has 1 aromatic carbocycles. The minimum atomic E-state index is 0.421. The minimum absolute atomic E-state index is 0.421. The van der Waals surface area contributed by atoms with Gasteiger partial charge in [0.05, 0.1) is 14.2 Å². The van der Waals surface area contributed by atoms with Crippen molar-refractivity contribution in [3.63, 3.8) is 0 Å². The fraction of sp³-hybridized carbons (Fsp3) is 0.429. The van der Waals surface area contributed by atoms with E-state index in [0.29, 0.717) is 5.92 Å². The maximum Gasteiger partial charge on any atom is 0.126 e. The summed E-state index contributed by atoms with van der Waals surface area (Å²) in [6.45, 7) is 3.91.